The molecule has 0 fully saturated rings. The van der Waals surface area contributed by atoms with E-state index in [-0.39, 0.29) is 0 Å². The molecule has 0 radical (unpaired) electrons. The van der Waals surface area contributed by atoms with E-state index in [9.17, 15) is 0 Å². The molecule has 0 saturated heterocycles. The fourth-order valence-corrected chi connectivity index (χ4v) is 1.63. The molecule has 1 heterocycles. The van der Waals surface area contributed by atoms with Crippen molar-refractivity contribution in [3.8, 4) is 0 Å². The monoisotopic (exact) mass is 253 g/mol. The van der Waals surface area contributed by atoms with Crippen molar-refractivity contribution in [1.29, 1.82) is 0 Å². The lowest BCUT2D eigenvalue weighted by Gasteiger charge is -2.05. The number of anilines is 1. The van der Waals surface area contributed by atoms with Crippen LogP contribution in [0.4, 0.5) is 5.82 Å². The zero-order valence-electron chi connectivity index (χ0n) is 8.32. The lowest BCUT2D eigenvalue weighted by atomic mass is 10.2. The fourth-order valence-electron chi connectivity index (χ4n) is 1.27. The van der Waals surface area contributed by atoms with E-state index in [0.717, 1.165) is 10.6 Å². The molecule has 1 N–H and O–H groups in total. The van der Waals surface area contributed by atoms with Gasteiger partial charge in [-0.2, -0.15) is 0 Å². The number of benzene rings is 1. The van der Waals surface area contributed by atoms with Crippen molar-refractivity contribution in [2.75, 3.05) is 5.32 Å². The third-order valence-corrected chi connectivity index (χ3v) is 2.44. The van der Waals surface area contributed by atoms with Gasteiger partial charge < -0.3 is 5.32 Å². The Bertz CT molecular complexity index is 443. The molecule has 3 nitrogen and oxygen atoms in total. The quantitative estimate of drug-likeness (QED) is 0.853. The molecule has 2 rings (SSSR count). The van der Waals surface area contributed by atoms with Gasteiger partial charge in [0, 0.05) is 17.6 Å². The summed E-state index contributed by atoms with van der Waals surface area (Å²) in [6.45, 7) is 0.647. The van der Waals surface area contributed by atoms with Crippen LogP contribution in [-0.4, -0.2) is 9.97 Å². The molecule has 0 saturated carbocycles. The van der Waals surface area contributed by atoms with E-state index in [1.807, 2.05) is 24.3 Å². The predicted octanol–water partition coefficient (Wildman–Crippen LogP) is 3.40. The summed E-state index contributed by atoms with van der Waals surface area (Å²) in [6, 6.07) is 9.31. The van der Waals surface area contributed by atoms with Crippen LogP contribution >= 0.6 is 23.2 Å². The number of rotatable bonds is 3. The summed E-state index contributed by atoms with van der Waals surface area (Å²) in [5.41, 5.74) is 1.09. The topological polar surface area (TPSA) is 37.8 Å². The summed E-state index contributed by atoms with van der Waals surface area (Å²) in [7, 11) is 0. The van der Waals surface area contributed by atoms with Crippen LogP contribution in [0.25, 0.3) is 0 Å². The molecule has 5 heteroatoms. The molecule has 2 aromatic rings. The summed E-state index contributed by atoms with van der Waals surface area (Å²) in [6.07, 6.45) is 1.42. The molecule has 1 aromatic heterocycles. The van der Waals surface area contributed by atoms with Crippen LogP contribution in [0, 0.1) is 0 Å². The second kappa shape index (κ2) is 5.14. The molecule has 0 aliphatic heterocycles. The van der Waals surface area contributed by atoms with Gasteiger partial charge in [0.25, 0.3) is 0 Å². The fraction of sp³-hybridized carbons (Fsp3) is 0.0909. The SMILES string of the molecule is Clc1cccc(CNc2cc(Cl)ncn2)c1. The van der Waals surface area contributed by atoms with Gasteiger partial charge in [-0.05, 0) is 17.7 Å². The number of aromatic nitrogens is 2. The minimum absolute atomic E-state index is 0.420. The van der Waals surface area contributed by atoms with E-state index >= 15 is 0 Å². The smallest absolute Gasteiger partial charge is 0.134 e. The highest BCUT2D eigenvalue weighted by Crippen LogP contribution is 2.13. The summed E-state index contributed by atoms with van der Waals surface area (Å²) >= 11 is 11.6. The van der Waals surface area contributed by atoms with Crippen LogP contribution in [0.2, 0.25) is 10.2 Å². The molecule has 0 atom stereocenters. The molecular formula is C11H9Cl2N3. The van der Waals surface area contributed by atoms with Crippen LogP contribution in [0.1, 0.15) is 5.56 Å². The first-order valence-corrected chi connectivity index (χ1v) is 5.45. The van der Waals surface area contributed by atoms with Gasteiger partial charge in [0.1, 0.15) is 17.3 Å². The average molecular weight is 254 g/mol. The second-order valence-electron chi connectivity index (χ2n) is 3.21. The molecule has 16 heavy (non-hydrogen) atoms. The molecule has 0 amide bonds. The van der Waals surface area contributed by atoms with Crippen molar-refractivity contribution in [1.82, 2.24) is 9.97 Å². The lowest BCUT2D eigenvalue weighted by Crippen LogP contribution is -2.01. The molecular weight excluding hydrogens is 245 g/mol. The summed E-state index contributed by atoms with van der Waals surface area (Å²) in [5, 5.41) is 4.28. The summed E-state index contributed by atoms with van der Waals surface area (Å²) in [4.78, 5) is 7.84. The van der Waals surface area contributed by atoms with Crippen LogP contribution in [0.5, 0.6) is 0 Å². The number of hydrogen-bond acceptors (Lipinski definition) is 3. The molecule has 82 valence electrons. The van der Waals surface area contributed by atoms with Gasteiger partial charge in [-0.15, -0.1) is 0 Å². The van der Waals surface area contributed by atoms with E-state index in [4.69, 9.17) is 23.2 Å². The van der Waals surface area contributed by atoms with Gasteiger partial charge in [-0.25, -0.2) is 9.97 Å². The molecule has 0 bridgehead atoms. The van der Waals surface area contributed by atoms with Crippen LogP contribution in [0.15, 0.2) is 36.7 Å². The number of nitrogens with one attached hydrogen (secondary N) is 1. The van der Waals surface area contributed by atoms with E-state index in [1.165, 1.54) is 6.33 Å². The normalized spacial score (nSPS) is 10.1. The van der Waals surface area contributed by atoms with Crippen molar-refractivity contribution in [3.05, 3.63) is 52.4 Å². The Morgan fingerprint density at radius 3 is 2.75 bits per heavy atom. The molecule has 0 spiro atoms. The van der Waals surface area contributed by atoms with E-state index in [1.54, 1.807) is 6.07 Å². The predicted molar refractivity (Wildman–Crippen MR) is 65.8 cm³/mol. The maximum atomic E-state index is 5.88. The van der Waals surface area contributed by atoms with E-state index in [0.29, 0.717) is 17.5 Å². The zero-order valence-corrected chi connectivity index (χ0v) is 9.83. The first-order chi connectivity index (χ1) is 7.74. The van der Waals surface area contributed by atoms with Crippen molar-refractivity contribution < 1.29 is 0 Å². The Kier molecular flexibility index (Phi) is 3.59. The Hall–Kier alpha value is -1.32. The van der Waals surface area contributed by atoms with Gasteiger partial charge in [-0.1, -0.05) is 35.3 Å². The molecule has 0 aliphatic rings. The average Bonchev–Trinajstić information content (AvgIpc) is 2.27. The summed E-state index contributed by atoms with van der Waals surface area (Å²) < 4.78 is 0. The highest BCUT2D eigenvalue weighted by molar-refractivity contribution is 6.30. The zero-order chi connectivity index (χ0) is 11.4. The van der Waals surface area contributed by atoms with E-state index < -0.39 is 0 Å². The highest BCUT2D eigenvalue weighted by atomic mass is 35.5. The number of hydrogen-bond donors (Lipinski definition) is 1. The second-order valence-corrected chi connectivity index (χ2v) is 4.03. The lowest BCUT2D eigenvalue weighted by molar-refractivity contribution is 1.08. The third kappa shape index (κ3) is 3.08. The maximum Gasteiger partial charge on any atom is 0.134 e. The maximum absolute atomic E-state index is 5.88. The van der Waals surface area contributed by atoms with Gasteiger partial charge in [0.2, 0.25) is 0 Å². The third-order valence-electron chi connectivity index (χ3n) is 2.00. The van der Waals surface area contributed by atoms with Crippen molar-refractivity contribution in [2.45, 2.75) is 6.54 Å². The van der Waals surface area contributed by atoms with Crippen molar-refractivity contribution in [3.63, 3.8) is 0 Å². The van der Waals surface area contributed by atoms with Crippen LogP contribution in [0.3, 0.4) is 0 Å². The van der Waals surface area contributed by atoms with Crippen molar-refractivity contribution >= 4 is 29.0 Å². The molecule has 0 aliphatic carbocycles. The van der Waals surface area contributed by atoms with Gasteiger partial charge >= 0.3 is 0 Å². The Labute approximate surface area is 103 Å². The Morgan fingerprint density at radius 2 is 2.00 bits per heavy atom. The van der Waals surface area contributed by atoms with Gasteiger partial charge in [0.15, 0.2) is 0 Å². The van der Waals surface area contributed by atoms with Crippen LogP contribution in [-0.2, 0) is 6.54 Å². The van der Waals surface area contributed by atoms with Gasteiger partial charge in [0.05, 0.1) is 0 Å². The standard InChI is InChI=1S/C11H9Cl2N3/c12-9-3-1-2-8(4-9)6-14-11-5-10(13)15-7-16-11/h1-5,7H,6H2,(H,14,15,16). The van der Waals surface area contributed by atoms with Crippen molar-refractivity contribution in [2.24, 2.45) is 0 Å². The largest absolute Gasteiger partial charge is 0.366 e. The summed E-state index contributed by atoms with van der Waals surface area (Å²) in [5.74, 6) is 0.694. The first-order valence-electron chi connectivity index (χ1n) is 4.70. The van der Waals surface area contributed by atoms with Gasteiger partial charge in [-0.3, -0.25) is 0 Å². The molecule has 0 unspecified atom stereocenters. The first kappa shape index (κ1) is 11.2. The van der Waals surface area contributed by atoms with Crippen LogP contribution < -0.4 is 5.32 Å². The number of halogens is 2. The minimum Gasteiger partial charge on any atom is -0.366 e. The number of nitrogens with zero attached hydrogens (tertiary/aromatic N) is 2. The Morgan fingerprint density at radius 1 is 1.12 bits per heavy atom. The molecule has 1 aromatic carbocycles. The minimum atomic E-state index is 0.420. The van der Waals surface area contributed by atoms with E-state index in [2.05, 4.69) is 15.3 Å². The highest BCUT2D eigenvalue weighted by Gasteiger charge is 1.97. The Balaban J connectivity index is 2.02.